The highest BCUT2D eigenvalue weighted by molar-refractivity contribution is 5.67. The Hall–Kier alpha value is -0.810. The van der Waals surface area contributed by atoms with Crippen molar-refractivity contribution >= 4 is 6.09 Å². The molecule has 5 nitrogen and oxygen atoms in total. The van der Waals surface area contributed by atoms with Crippen LogP contribution in [0.3, 0.4) is 0 Å². The summed E-state index contributed by atoms with van der Waals surface area (Å²) in [7, 11) is 0. The van der Waals surface area contributed by atoms with E-state index in [1.165, 1.54) is 0 Å². The van der Waals surface area contributed by atoms with Crippen molar-refractivity contribution in [1.82, 2.24) is 4.90 Å². The normalized spacial score (nSPS) is 19.1. The van der Waals surface area contributed by atoms with E-state index in [1.54, 1.807) is 4.90 Å². The second kappa shape index (κ2) is 5.82. The number of piperidine rings is 1. The zero-order valence-corrected chi connectivity index (χ0v) is 8.19. The van der Waals surface area contributed by atoms with Crippen LogP contribution in [0, 0.1) is 0 Å². The molecule has 82 valence electrons. The third-order valence-electron chi connectivity index (χ3n) is 2.22. The number of rotatable bonds is 3. The van der Waals surface area contributed by atoms with Crippen LogP contribution in [0.5, 0.6) is 0 Å². The van der Waals surface area contributed by atoms with Gasteiger partial charge in [-0.05, 0) is 19.3 Å². The number of likely N-dealkylation sites (tertiary alicyclic amines) is 1. The summed E-state index contributed by atoms with van der Waals surface area (Å²) in [5, 5.41) is 17.5. The van der Waals surface area contributed by atoms with Gasteiger partial charge in [0, 0.05) is 13.1 Å². The fraction of sp³-hybridized carbons (Fsp3) is 0.889. The van der Waals surface area contributed by atoms with Gasteiger partial charge >= 0.3 is 6.09 Å². The van der Waals surface area contributed by atoms with Crippen LogP contribution in [0.15, 0.2) is 0 Å². The van der Waals surface area contributed by atoms with Crippen LogP contribution < -0.4 is 0 Å². The maximum atomic E-state index is 11.3. The third kappa shape index (κ3) is 3.51. The van der Waals surface area contributed by atoms with Crippen molar-refractivity contribution in [3.05, 3.63) is 0 Å². The van der Waals surface area contributed by atoms with Gasteiger partial charge in [0.05, 0.1) is 6.61 Å². The van der Waals surface area contributed by atoms with Crippen molar-refractivity contribution < 1.29 is 19.7 Å². The van der Waals surface area contributed by atoms with Gasteiger partial charge in [0.2, 0.25) is 0 Å². The average molecular weight is 203 g/mol. The van der Waals surface area contributed by atoms with Gasteiger partial charge in [0.15, 0.2) is 0 Å². The lowest BCUT2D eigenvalue weighted by molar-refractivity contribution is 0.0183. The van der Waals surface area contributed by atoms with Gasteiger partial charge in [-0.1, -0.05) is 0 Å². The number of amides is 1. The Kier molecular flexibility index (Phi) is 4.69. The molecule has 1 saturated heterocycles. The molecule has 1 aliphatic heterocycles. The fourth-order valence-electron chi connectivity index (χ4n) is 1.39. The van der Waals surface area contributed by atoms with Crippen molar-refractivity contribution in [2.75, 3.05) is 26.3 Å². The first-order chi connectivity index (χ1) is 6.74. The SMILES string of the molecule is O=C(OCC(O)CO)N1CCCCC1. The lowest BCUT2D eigenvalue weighted by Gasteiger charge is -2.26. The Labute approximate surface area is 83.3 Å². The molecule has 1 amide bonds. The molecule has 1 aliphatic rings. The van der Waals surface area contributed by atoms with E-state index in [1.807, 2.05) is 0 Å². The molecule has 1 fully saturated rings. The molecule has 2 N–H and O–H groups in total. The lowest BCUT2D eigenvalue weighted by Crippen LogP contribution is -2.37. The van der Waals surface area contributed by atoms with E-state index in [4.69, 9.17) is 14.9 Å². The van der Waals surface area contributed by atoms with Gasteiger partial charge in [0.25, 0.3) is 0 Å². The predicted octanol–water partition coefficient (Wildman–Crippen LogP) is -0.0379. The van der Waals surface area contributed by atoms with Crippen molar-refractivity contribution in [3.63, 3.8) is 0 Å². The zero-order chi connectivity index (χ0) is 10.4. The van der Waals surface area contributed by atoms with Crippen molar-refractivity contribution in [1.29, 1.82) is 0 Å². The molecule has 5 heteroatoms. The summed E-state index contributed by atoms with van der Waals surface area (Å²) in [6.07, 6.45) is 1.82. The Balaban J connectivity index is 2.19. The summed E-state index contributed by atoms with van der Waals surface area (Å²) in [6, 6.07) is 0. The topological polar surface area (TPSA) is 70.0 Å². The highest BCUT2D eigenvalue weighted by Crippen LogP contribution is 2.09. The zero-order valence-electron chi connectivity index (χ0n) is 8.19. The maximum Gasteiger partial charge on any atom is 0.409 e. The molecular weight excluding hydrogens is 186 g/mol. The molecule has 0 bridgehead atoms. The van der Waals surface area contributed by atoms with Gasteiger partial charge in [-0.2, -0.15) is 0 Å². The third-order valence-corrected chi connectivity index (χ3v) is 2.22. The monoisotopic (exact) mass is 203 g/mol. The minimum atomic E-state index is -0.969. The van der Waals surface area contributed by atoms with Crippen LogP contribution in [-0.4, -0.2) is 53.6 Å². The molecule has 1 rings (SSSR count). The minimum absolute atomic E-state index is 0.133. The Morgan fingerprint density at radius 1 is 1.36 bits per heavy atom. The summed E-state index contributed by atoms with van der Waals surface area (Å²) >= 11 is 0. The second-order valence-corrected chi connectivity index (χ2v) is 3.46. The van der Waals surface area contributed by atoms with E-state index in [0.717, 1.165) is 32.4 Å². The molecule has 0 aromatic heterocycles. The van der Waals surface area contributed by atoms with Crippen LogP contribution >= 0.6 is 0 Å². The van der Waals surface area contributed by atoms with Gasteiger partial charge in [0.1, 0.15) is 12.7 Å². The van der Waals surface area contributed by atoms with E-state index in [2.05, 4.69) is 0 Å². The van der Waals surface area contributed by atoms with Crippen LogP contribution in [-0.2, 0) is 4.74 Å². The predicted molar refractivity (Wildman–Crippen MR) is 49.9 cm³/mol. The van der Waals surface area contributed by atoms with Crippen LogP contribution in [0.4, 0.5) is 4.79 Å². The quantitative estimate of drug-likeness (QED) is 0.675. The van der Waals surface area contributed by atoms with Crippen molar-refractivity contribution in [2.45, 2.75) is 25.4 Å². The molecule has 1 atom stereocenters. The number of aliphatic hydroxyl groups is 2. The Bertz CT molecular complexity index is 180. The largest absolute Gasteiger partial charge is 0.447 e. The number of aliphatic hydroxyl groups excluding tert-OH is 2. The van der Waals surface area contributed by atoms with Gasteiger partial charge in [-0.15, -0.1) is 0 Å². The average Bonchev–Trinajstić information content (AvgIpc) is 2.26. The molecular formula is C9H17NO4. The summed E-state index contributed by atoms with van der Waals surface area (Å²) in [5.74, 6) is 0. The highest BCUT2D eigenvalue weighted by atomic mass is 16.6. The number of carbonyl (C=O) groups excluding carboxylic acids is 1. The number of nitrogens with zero attached hydrogens (tertiary/aromatic N) is 1. The second-order valence-electron chi connectivity index (χ2n) is 3.46. The van der Waals surface area contributed by atoms with E-state index in [9.17, 15) is 4.79 Å². The first kappa shape index (κ1) is 11.3. The Morgan fingerprint density at radius 2 is 2.00 bits per heavy atom. The molecule has 0 aliphatic carbocycles. The molecule has 0 aromatic carbocycles. The van der Waals surface area contributed by atoms with Crippen molar-refractivity contribution in [2.24, 2.45) is 0 Å². The number of ether oxygens (including phenoxy) is 1. The van der Waals surface area contributed by atoms with Crippen LogP contribution in [0.2, 0.25) is 0 Å². The molecule has 0 saturated carbocycles. The Morgan fingerprint density at radius 3 is 2.57 bits per heavy atom. The summed E-state index contributed by atoms with van der Waals surface area (Å²) < 4.78 is 4.81. The number of hydrogen-bond acceptors (Lipinski definition) is 4. The molecule has 1 heterocycles. The first-order valence-electron chi connectivity index (χ1n) is 4.94. The fourth-order valence-corrected chi connectivity index (χ4v) is 1.39. The maximum absolute atomic E-state index is 11.3. The molecule has 14 heavy (non-hydrogen) atoms. The van der Waals surface area contributed by atoms with Crippen LogP contribution in [0.1, 0.15) is 19.3 Å². The van der Waals surface area contributed by atoms with Gasteiger partial charge in [-0.3, -0.25) is 0 Å². The number of carbonyl (C=O) groups is 1. The number of hydrogen-bond donors (Lipinski definition) is 2. The molecule has 1 unspecified atom stereocenters. The van der Waals surface area contributed by atoms with E-state index >= 15 is 0 Å². The van der Waals surface area contributed by atoms with Crippen molar-refractivity contribution in [3.8, 4) is 0 Å². The van der Waals surface area contributed by atoms with E-state index < -0.39 is 12.2 Å². The summed E-state index contributed by atoms with van der Waals surface area (Å²) in [4.78, 5) is 13.0. The minimum Gasteiger partial charge on any atom is -0.447 e. The highest BCUT2D eigenvalue weighted by Gasteiger charge is 2.18. The summed E-state index contributed by atoms with van der Waals surface area (Å²) in [5.41, 5.74) is 0. The first-order valence-corrected chi connectivity index (χ1v) is 4.94. The summed E-state index contributed by atoms with van der Waals surface area (Å²) in [6.45, 7) is 0.946. The van der Waals surface area contributed by atoms with Gasteiger partial charge < -0.3 is 19.8 Å². The smallest absolute Gasteiger partial charge is 0.409 e. The molecule has 0 spiro atoms. The molecule has 0 radical (unpaired) electrons. The van der Waals surface area contributed by atoms with E-state index in [0.29, 0.717) is 0 Å². The molecule has 0 aromatic rings. The standard InChI is InChI=1S/C9H17NO4/c11-6-8(12)7-14-9(13)10-4-2-1-3-5-10/h8,11-12H,1-7H2. The van der Waals surface area contributed by atoms with Gasteiger partial charge in [-0.25, -0.2) is 4.79 Å². The lowest BCUT2D eigenvalue weighted by atomic mass is 10.1. The van der Waals surface area contributed by atoms with E-state index in [-0.39, 0.29) is 13.2 Å². The van der Waals surface area contributed by atoms with Crippen LogP contribution in [0.25, 0.3) is 0 Å².